The zero-order chi connectivity index (χ0) is 52.0. The van der Waals surface area contributed by atoms with E-state index in [1.807, 2.05) is 0 Å². The quantitative estimate of drug-likeness (QED) is 0.0373. The number of hydrogen-bond donors (Lipinski definition) is 1. The standard InChI is InChI=1S/C67H130O5/c1-3-5-7-9-11-13-15-17-19-21-23-25-26-27-28-29-30-31-32-33-34-35-36-37-38-39-40-42-44-46-48-50-52-54-56-58-60-62-67(70)72-65(63-68)64-71-66(69)61-59-57-55-53-51-49-47-45-43-41-24-22-20-18-16-14-12-10-8-6-4-2/h21,23,65,68H,3-20,22,24-64H2,1-2H3/b23-21-. The number of allylic oxidation sites excluding steroid dienone is 2. The summed E-state index contributed by atoms with van der Waals surface area (Å²) in [6, 6.07) is 0. The van der Waals surface area contributed by atoms with Crippen LogP contribution in [0.2, 0.25) is 0 Å². The van der Waals surface area contributed by atoms with Crippen LogP contribution in [-0.4, -0.2) is 36.4 Å². The first kappa shape index (κ1) is 70.6. The fourth-order valence-electron chi connectivity index (χ4n) is 10.6. The predicted molar refractivity (Wildman–Crippen MR) is 316 cm³/mol. The van der Waals surface area contributed by atoms with E-state index in [0.29, 0.717) is 12.8 Å². The first-order valence-corrected chi connectivity index (χ1v) is 33.2. The molecule has 0 aliphatic carbocycles. The average Bonchev–Trinajstić information content (AvgIpc) is 3.38. The number of ether oxygens (including phenoxy) is 2. The van der Waals surface area contributed by atoms with Crippen molar-refractivity contribution in [2.75, 3.05) is 13.2 Å². The Morgan fingerprint density at radius 2 is 0.514 bits per heavy atom. The third-order valence-electron chi connectivity index (χ3n) is 15.6. The number of hydrogen-bond acceptors (Lipinski definition) is 5. The molecule has 0 aromatic heterocycles. The van der Waals surface area contributed by atoms with E-state index < -0.39 is 6.10 Å². The molecule has 0 radical (unpaired) electrons. The molecule has 0 rings (SSSR count). The molecule has 5 nitrogen and oxygen atoms in total. The van der Waals surface area contributed by atoms with Gasteiger partial charge in [-0.15, -0.1) is 0 Å². The normalized spacial score (nSPS) is 12.1. The van der Waals surface area contributed by atoms with E-state index in [1.54, 1.807) is 0 Å². The van der Waals surface area contributed by atoms with Crippen molar-refractivity contribution in [1.29, 1.82) is 0 Å². The number of aliphatic hydroxyl groups excluding tert-OH is 1. The van der Waals surface area contributed by atoms with Crippen LogP contribution >= 0.6 is 0 Å². The average molecular weight is 1020 g/mol. The van der Waals surface area contributed by atoms with Gasteiger partial charge in [0.1, 0.15) is 6.61 Å². The highest BCUT2D eigenvalue weighted by Crippen LogP contribution is 2.19. The van der Waals surface area contributed by atoms with E-state index in [-0.39, 0.29) is 25.2 Å². The van der Waals surface area contributed by atoms with Gasteiger partial charge >= 0.3 is 11.9 Å². The maximum Gasteiger partial charge on any atom is 0.306 e. The Balaban J connectivity index is 3.35. The third-order valence-corrected chi connectivity index (χ3v) is 15.6. The molecule has 1 atom stereocenters. The highest BCUT2D eigenvalue weighted by molar-refractivity contribution is 5.70. The molecular formula is C67H130O5. The first-order chi connectivity index (χ1) is 35.6. The zero-order valence-corrected chi connectivity index (χ0v) is 49.2. The maximum atomic E-state index is 12.3. The lowest BCUT2D eigenvalue weighted by atomic mass is 10.0. The smallest absolute Gasteiger partial charge is 0.306 e. The number of esters is 2. The fourth-order valence-corrected chi connectivity index (χ4v) is 10.6. The van der Waals surface area contributed by atoms with E-state index in [1.165, 1.54) is 327 Å². The molecule has 0 spiro atoms. The topological polar surface area (TPSA) is 72.8 Å². The summed E-state index contributed by atoms with van der Waals surface area (Å²) in [7, 11) is 0. The summed E-state index contributed by atoms with van der Waals surface area (Å²) in [4.78, 5) is 24.6. The lowest BCUT2D eigenvalue weighted by Gasteiger charge is -2.15. The van der Waals surface area contributed by atoms with Crippen molar-refractivity contribution in [2.24, 2.45) is 0 Å². The second-order valence-corrected chi connectivity index (χ2v) is 22.9. The fraction of sp³-hybridized carbons (Fsp3) is 0.940. The number of unbranched alkanes of at least 4 members (excludes halogenated alkanes) is 53. The second kappa shape index (κ2) is 63.9. The molecule has 428 valence electrons. The minimum atomic E-state index is -0.766. The largest absolute Gasteiger partial charge is 0.462 e. The number of rotatable bonds is 63. The molecule has 0 aromatic rings. The lowest BCUT2D eigenvalue weighted by molar-refractivity contribution is -0.161. The summed E-state index contributed by atoms with van der Waals surface area (Å²) < 4.78 is 10.7. The van der Waals surface area contributed by atoms with Crippen LogP contribution in [0.15, 0.2) is 12.2 Å². The van der Waals surface area contributed by atoms with Gasteiger partial charge in [0.2, 0.25) is 0 Å². The van der Waals surface area contributed by atoms with Crippen LogP contribution in [0.25, 0.3) is 0 Å². The first-order valence-electron chi connectivity index (χ1n) is 33.2. The Morgan fingerprint density at radius 1 is 0.306 bits per heavy atom. The maximum absolute atomic E-state index is 12.3. The third kappa shape index (κ3) is 61.2. The molecule has 0 aliphatic rings. The van der Waals surface area contributed by atoms with E-state index >= 15 is 0 Å². The molecule has 72 heavy (non-hydrogen) atoms. The summed E-state index contributed by atoms with van der Waals surface area (Å²) in [6.45, 7) is 4.21. The minimum absolute atomic E-state index is 0.0564. The molecule has 0 fully saturated rings. The molecule has 1 N–H and O–H groups in total. The molecule has 0 saturated carbocycles. The summed E-state index contributed by atoms with van der Waals surface area (Å²) in [5.74, 6) is -0.562. The Kier molecular flexibility index (Phi) is 62.7. The summed E-state index contributed by atoms with van der Waals surface area (Å²) in [5.41, 5.74) is 0. The van der Waals surface area contributed by atoms with Crippen molar-refractivity contribution in [2.45, 2.75) is 392 Å². The van der Waals surface area contributed by atoms with Crippen molar-refractivity contribution < 1.29 is 24.2 Å². The van der Waals surface area contributed by atoms with Crippen molar-refractivity contribution in [3.05, 3.63) is 12.2 Å². The van der Waals surface area contributed by atoms with E-state index in [0.717, 1.165) is 32.1 Å². The van der Waals surface area contributed by atoms with Gasteiger partial charge in [-0.2, -0.15) is 0 Å². The Morgan fingerprint density at radius 3 is 0.750 bits per heavy atom. The van der Waals surface area contributed by atoms with E-state index in [2.05, 4.69) is 26.0 Å². The molecule has 1 unspecified atom stereocenters. The van der Waals surface area contributed by atoms with Gasteiger partial charge in [-0.25, -0.2) is 0 Å². The number of aliphatic hydroxyl groups is 1. The van der Waals surface area contributed by atoms with Gasteiger partial charge in [0, 0.05) is 12.8 Å². The SMILES string of the molecule is CCCCCCCCCC/C=C\CCCCCCCCCCCCCCCCCCCCCCCCCCCC(=O)OC(CO)COC(=O)CCCCCCCCCCCCCCCCCCCCCCC. The molecule has 0 bridgehead atoms. The van der Waals surface area contributed by atoms with E-state index in [4.69, 9.17) is 9.47 Å². The van der Waals surface area contributed by atoms with Gasteiger partial charge in [-0.1, -0.05) is 347 Å². The van der Waals surface area contributed by atoms with Gasteiger partial charge in [-0.05, 0) is 38.5 Å². The number of carbonyl (C=O) groups excluding carboxylic acids is 2. The van der Waals surface area contributed by atoms with Gasteiger partial charge < -0.3 is 14.6 Å². The van der Waals surface area contributed by atoms with Gasteiger partial charge in [0.05, 0.1) is 6.61 Å². The van der Waals surface area contributed by atoms with Crippen LogP contribution in [0.5, 0.6) is 0 Å². The zero-order valence-electron chi connectivity index (χ0n) is 49.2. The van der Waals surface area contributed by atoms with Crippen LogP contribution in [0, 0.1) is 0 Å². The van der Waals surface area contributed by atoms with Crippen LogP contribution in [0.4, 0.5) is 0 Å². The Labute approximate surface area is 451 Å². The van der Waals surface area contributed by atoms with Crippen molar-refractivity contribution in [3.8, 4) is 0 Å². The van der Waals surface area contributed by atoms with Crippen molar-refractivity contribution in [3.63, 3.8) is 0 Å². The van der Waals surface area contributed by atoms with Crippen molar-refractivity contribution in [1.82, 2.24) is 0 Å². The molecule has 0 aliphatic heterocycles. The van der Waals surface area contributed by atoms with Crippen LogP contribution in [0.3, 0.4) is 0 Å². The summed E-state index contributed by atoms with van der Waals surface area (Å²) in [6.07, 6.45) is 81.0. The molecule has 0 amide bonds. The predicted octanol–water partition coefficient (Wildman–Crippen LogP) is 22.7. The van der Waals surface area contributed by atoms with Crippen molar-refractivity contribution >= 4 is 11.9 Å². The Bertz CT molecular complexity index is 1060. The van der Waals surface area contributed by atoms with Gasteiger partial charge in [0.25, 0.3) is 0 Å². The lowest BCUT2D eigenvalue weighted by Crippen LogP contribution is -2.28. The minimum Gasteiger partial charge on any atom is -0.462 e. The summed E-state index contributed by atoms with van der Waals surface area (Å²) >= 11 is 0. The number of carbonyl (C=O) groups is 2. The highest BCUT2D eigenvalue weighted by atomic mass is 16.6. The molecule has 0 heterocycles. The Hall–Kier alpha value is -1.36. The summed E-state index contributed by atoms with van der Waals surface area (Å²) in [5, 5.41) is 9.68. The molecule has 0 saturated heterocycles. The monoisotopic (exact) mass is 1010 g/mol. The highest BCUT2D eigenvalue weighted by Gasteiger charge is 2.16. The molecular weight excluding hydrogens is 885 g/mol. The second-order valence-electron chi connectivity index (χ2n) is 22.9. The van der Waals surface area contributed by atoms with Crippen LogP contribution in [0.1, 0.15) is 386 Å². The van der Waals surface area contributed by atoms with Crippen LogP contribution < -0.4 is 0 Å². The van der Waals surface area contributed by atoms with Gasteiger partial charge in [0.15, 0.2) is 6.10 Å². The van der Waals surface area contributed by atoms with Gasteiger partial charge in [-0.3, -0.25) is 9.59 Å². The van der Waals surface area contributed by atoms with Crippen LogP contribution in [-0.2, 0) is 19.1 Å². The molecule has 5 heteroatoms. The van der Waals surface area contributed by atoms with E-state index in [9.17, 15) is 14.7 Å². The molecule has 0 aromatic carbocycles.